The Balaban J connectivity index is 1.83. The Hall–Kier alpha value is -2.82. The molecule has 0 bridgehead atoms. The number of hydrazone groups is 1. The average molecular weight is 266 g/mol. The molecule has 0 radical (unpaired) electrons. The first-order valence-electron chi connectivity index (χ1n) is 6.22. The summed E-state index contributed by atoms with van der Waals surface area (Å²) in [6.07, 6.45) is 5.38. The quantitative estimate of drug-likeness (QED) is 0.563. The molecule has 20 heavy (non-hydrogen) atoms. The summed E-state index contributed by atoms with van der Waals surface area (Å²) in [6, 6.07) is 11.5. The maximum atomic E-state index is 5.24. The molecule has 5 nitrogen and oxygen atoms in total. The van der Waals surface area contributed by atoms with Crippen LogP contribution in [-0.4, -0.2) is 23.3 Å². The van der Waals surface area contributed by atoms with E-state index in [1.165, 1.54) is 0 Å². The van der Waals surface area contributed by atoms with Crippen molar-refractivity contribution in [3.8, 4) is 5.75 Å². The third kappa shape index (κ3) is 2.47. The van der Waals surface area contributed by atoms with E-state index in [0.717, 1.165) is 22.2 Å². The predicted octanol–water partition coefficient (Wildman–Crippen LogP) is 3.02. The Labute approximate surface area is 116 Å². The number of hydrogen-bond donors (Lipinski definition) is 2. The molecule has 5 heteroatoms. The van der Waals surface area contributed by atoms with Crippen LogP contribution >= 0.6 is 0 Å². The molecule has 100 valence electrons. The highest BCUT2D eigenvalue weighted by Crippen LogP contribution is 2.22. The van der Waals surface area contributed by atoms with Crippen molar-refractivity contribution in [2.24, 2.45) is 5.10 Å². The lowest BCUT2D eigenvalue weighted by atomic mass is 10.2. The highest BCUT2D eigenvalue weighted by atomic mass is 16.5. The maximum absolute atomic E-state index is 5.24. The third-order valence-corrected chi connectivity index (χ3v) is 2.97. The van der Waals surface area contributed by atoms with Gasteiger partial charge in [-0.05, 0) is 30.3 Å². The molecule has 0 saturated carbocycles. The summed E-state index contributed by atoms with van der Waals surface area (Å²) >= 11 is 0. The zero-order valence-corrected chi connectivity index (χ0v) is 11.0. The molecule has 0 aliphatic carbocycles. The molecule has 0 aliphatic rings. The molecule has 1 aromatic carbocycles. The summed E-state index contributed by atoms with van der Waals surface area (Å²) < 4.78 is 5.24. The van der Waals surface area contributed by atoms with E-state index in [9.17, 15) is 0 Å². The SMILES string of the molecule is COc1ccc2[nH]cc(/C=N/Nc3ccccn3)c2c1. The smallest absolute Gasteiger partial charge is 0.146 e. The number of pyridine rings is 1. The zero-order chi connectivity index (χ0) is 13.8. The van der Waals surface area contributed by atoms with Gasteiger partial charge in [-0.2, -0.15) is 5.10 Å². The number of methoxy groups -OCH3 is 1. The van der Waals surface area contributed by atoms with Gasteiger partial charge in [0.2, 0.25) is 0 Å². The number of hydrogen-bond acceptors (Lipinski definition) is 4. The molecule has 0 amide bonds. The van der Waals surface area contributed by atoms with Crippen LogP contribution in [-0.2, 0) is 0 Å². The van der Waals surface area contributed by atoms with Crippen molar-refractivity contribution in [3.63, 3.8) is 0 Å². The number of nitrogens with one attached hydrogen (secondary N) is 2. The van der Waals surface area contributed by atoms with Gasteiger partial charge >= 0.3 is 0 Å². The summed E-state index contributed by atoms with van der Waals surface area (Å²) in [5.74, 6) is 1.53. The van der Waals surface area contributed by atoms with Gasteiger partial charge in [-0.25, -0.2) is 4.98 Å². The molecule has 0 fully saturated rings. The van der Waals surface area contributed by atoms with Crippen molar-refractivity contribution in [3.05, 3.63) is 54.4 Å². The number of anilines is 1. The molecule has 0 atom stereocenters. The van der Waals surface area contributed by atoms with E-state index in [1.807, 2.05) is 42.6 Å². The van der Waals surface area contributed by atoms with E-state index in [1.54, 1.807) is 19.5 Å². The van der Waals surface area contributed by atoms with Crippen LogP contribution in [0.5, 0.6) is 5.75 Å². The van der Waals surface area contributed by atoms with Crippen LogP contribution in [0.25, 0.3) is 10.9 Å². The summed E-state index contributed by atoms with van der Waals surface area (Å²) in [5.41, 5.74) is 4.92. The Bertz CT molecular complexity index is 734. The monoisotopic (exact) mass is 266 g/mol. The van der Waals surface area contributed by atoms with Crippen molar-refractivity contribution in [2.45, 2.75) is 0 Å². The second-order valence-electron chi connectivity index (χ2n) is 4.24. The molecule has 2 heterocycles. The summed E-state index contributed by atoms with van der Waals surface area (Å²) in [7, 11) is 1.66. The van der Waals surface area contributed by atoms with Gasteiger partial charge in [0.05, 0.1) is 13.3 Å². The Morgan fingerprint density at radius 1 is 1.30 bits per heavy atom. The van der Waals surface area contributed by atoms with Crippen molar-refractivity contribution in [2.75, 3.05) is 12.5 Å². The summed E-state index contributed by atoms with van der Waals surface area (Å²) in [4.78, 5) is 7.33. The van der Waals surface area contributed by atoms with Gasteiger partial charge in [-0.3, -0.25) is 5.43 Å². The van der Waals surface area contributed by atoms with Crippen molar-refractivity contribution < 1.29 is 4.74 Å². The zero-order valence-electron chi connectivity index (χ0n) is 11.0. The lowest BCUT2D eigenvalue weighted by molar-refractivity contribution is 0.415. The molecule has 0 spiro atoms. The summed E-state index contributed by atoms with van der Waals surface area (Å²) in [5, 5.41) is 5.26. The molecular weight excluding hydrogens is 252 g/mol. The standard InChI is InChI=1S/C15H14N4O/c1-20-12-5-6-14-13(8-12)11(9-17-14)10-18-19-15-4-2-3-7-16-15/h2-10,17H,1H3,(H,16,19)/b18-10+. The number of rotatable bonds is 4. The fraction of sp³-hybridized carbons (Fsp3) is 0.0667. The number of fused-ring (bicyclic) bond motifs is 1. The fourth-order valence-electron chi connectivity index (χ4n) is 1.95. The maximum Gasteiger partial charge on any atom is 0.146 e. The molecule has 0 unspecified atom stereocenters. The van der Waals surface area contributed by atoms with E-state index in [4.69, 9.17) is 4.74 Å². The fourth-order valence-corrected chi connectivity index (χ4v) is 1.95. The van der Waals surface area contributed by atoms with Gasteiger partial charge in [-0.1, -0.05) is 6.07 Å². The normalized spacial score (nSPS) is 11.1. The first-order chi connectivity index (χ1) is 9.86. The van der Waals surface area contributed by atoms with E-state index >= 15 is 0 Å². The number of aromatic nitrogens is 2. The average Bonchev–Trinajstić information content (AvgIpc) is 2.91. The van der Waals surface area contributed by atoms with Crippen molar-refractivity contribution in [1.82, 2.24) is 9.97 Å². The molecule has 0 saturated heterocycles. The minimum atomic E-state index is 0.709. The Kier molecular flexibility index (Phi) is 3.33. The van der Waals surface area contributed by atoms with Crippen LogP contribution in [0.1, 0.15) is 5.56 Å². The van der Waals surface area contributed by atoms with Gasteiger partial charge in [0.1, 0.15) is 11.6 Å². The number of ether oxygens (including phenoxy) is 1. The predicted molar refractivity (Wildman–Crippen MR) is 80.3 cm³/mol. The minimum absolute atomic E-state index is 0.709. The molecular formula is C15H14N4O. The second-order valence-corrected chi connectivity index (χ2v) is 4.24. The van der Waals surface area contributed by atoms with Crippen molar-refractivity contribution >= 4 is 22.9 Å². The van der Waals surface area contributed by atoms with E-state index in [-0.39, 0.29) is 0 Å². The van der Waals surface area contributed by atoms with E-state index < -0.39 is 0 Å². The molecule has 2 aromatic heterocycles. The molecule has 3 aromatic rings. The molecule has 2 N–H and O–H groups in total. The topological polar surface area (TPSA) is 62.3 Å². The number of H-pyrrole nitrogens is 1. The first kappa shape index (κ1) is 12.2. The minimum Gasteiger partial charge on any atom is -0.497 e. The lowest BCUT2D eigenvalue weighted by Crippen LogP contribution is -1.92. The number of nitrogens with zero attached hydrogens (tertiary/aromatic N) is 2. The van der Waals surface area contributed by atoms with E-state index in [0.29, 0.717) is 5.82 Å². The largest absolute Gasteiger partial charge is 0.497 e. The number of aromatic amines is 1. The van der Waals surface area contributed by atoms with Crippen LogP contribution < -0.4 is 10.2 Å². The van der Waals surface area contributed by atoms with Gasteiger partial charge in [-0.15, -0.1) is 0 Å². The van der Waals surface area contributed by atoms with Gasteiger partial charge in [0.25, 0.3) is 0 Å². The van der Waals surface area contributed by atoms with Crippen molar-refractivity contribution in [1.29, 1.82) is 0 Å². The van der Waals surface area contributed by atoms with E-state index in [2.05, 4.69) is 20.5 Å². The molecule has 0 aliphatic heterocycles. The Morgan fingerprint density at radius 3 is 3.05 bits per heavy atom. The number of benzene rings is 1. The van der Waals surface area contributed by atoms with Crippen LogP contribution in [0.4, 0.5) is 5.82 Å². The highest BCUT2D eigenvalue weighted by molar-refractivity contribution is 5.99. The van der Waals surface area contributed by atoms with Crippen LogP contribution in [0.3, 0.4) is 0 Å². The van der Waals surface area contributed by atoms with Gasteiger partial charge in [0.15, 0.2) is 0 Å². The summed E-state index contributed by atoms with van der Waals surface area (Å²) in [6.45, 7) is 0. The van der Waals surface area contributed by atoms with Crippen LogP contribution in [0.2, 0.25) is 0 Å². The second kappa shape index (κ2) is 5.44. The van der Waals surface area contributed by atoms with Gasteiger partial charge in [0, 0.05) is 28.9 Å². The highest BCUT2D eigenvalue weighted by Gasteiger charge is 2.02. The molecule has 3 rings (SSSR count). The van der Waals surface area contributed by atoms with Gasteiger partial charge < -0.3 is 9.72 Å². The third-order valence-electron chi connectivity index (χ3n) is 2.97. The Morgan fingerprint density at radius 2 is 2.25 bits per heavy atom. The van der Waals surface area contributed by atoms with Crippen LogP contribution in [0.15, 0.2) is 53.9 Å². The lowest BCUT2D eigenvalue weighted by Gasteiger charge is -1.99. The first-order valence-corrected chi connectivity index (χ1v) is 6.22. The van der Waals surface area contributed by atoms with Crippen LogP contribution in [0, 0.1) is 0 Å².